The minimum absolute atomic E-state index is 0.0685. The summed E-state index contributed by atoms with van der Waals surface area (Å²) in [5.41, 5.74) is 1.36. The molecule has 2 spiro atoms. The van der Waals surface area contributed by atoms with Gasteiger partial charge in [0.2, 0.25) is 0 Å². The van der Waals surface area contributed by atoms with E-state index >= 15 is 0 Å². The molecule has 1 N–H and O–H groups in total. The zero-order valence-corrected chi connectivity index (χ0v) is 11.5. The molecule has 5 rings (SSSR count). The first-order chi connectivity index (χ1) is 9.70. The summed E-state index contributed by atoms with van der Waals surface area (Å²) in [6, 6.07) is 2.52. The van der Waals surface area contributed by atoms with E-state index in [0.29, 0.717) is 17.5 Å². The molecule has 4 aliphatic rings. The molecule has 3 fully saturated rings. The highest BCUT2D eigenvalue weighted by molar-refractivity contribution is 5.89. The quantitative estimate of drug-likeness (QED) is 0.818. The van der Waals surface area contributed by atoms with Gasteiger partial charge in [0.1, 0.15) is 17.7 Å². The Morgan fingerprint density at radius 3 is 3.05 bits per heavy atom. The van der Waals surface area contributed by atoms with E-state index in [1.165, 1.54) is 19.4 Å². The van der Waals surface area contributed by atoms with E-state index < -0.39 is 0 Å². The van der Waals surface area contributed by atoms with E-state index in [-0.39, 0.29) is 5.60 Å². The molecule has 104 valence electrons. The van der Waals surface area contributed by atoms with Gasteiger partial charge in [-0.15, -0.1) is 0 Å². The van der Waals surface area contributed by atoms with Crippen molar-refractivity contribution in [3.63, 3.8) is 0 Å². The van der Waals surface area contributed by atoms with Gasteiger partial charge < -0.3 is 4.74 Å². The number of nitrogens with zero attached hydrogens (tertiary/aromatic N) is 4. The molecule has 20 heavy (non-hydrogen) atoms. The predicted molar refractivity (Wildman–Crippen MR) is 73.5 cm³/mol. The maximum absolute atomic E-state index is 6.22. The molecule has 2 saturated heterocycles. The predicted octanol–water partition coefficient (Wildman–Crippen LogP) is 0.800. The van der Waals surface area contributed by atoms with Crippen molar-refractivity contribution in [1.29, 1.82) is 0 Å². The summed E-state index contributed by atoms with van der Waals surface area (Å²) in [7, 11) is 0. The Morgan fingerprint density at radius 1 is 1.45 bits per heavy atom. The Kier molecular flexibility index (Phi) is 1.82. The number of aromatic nitrogens is 2. The van der Waals surface area contributed by atoms with Crippen molar-refractivity contribution < 1.29 is 4.74 Å². The minimum Gasteiger partial charge on any atom is -0.455 e. The number of ether oxygens (including phenoxy) is 1. The van der Waals surface area contributed by atoms with Crippen molar-refractivity contribution in [2.75, 3.05) is 25.0 Å². The molecular formula is C14H17N5O. The van der Waals surface area contributed by atoms with Crippen molar-refractivity contribution >= 4 is 11.8 Å². The zero-order chi connectivity index (χ0) is 13.4. The van der Waals surface area contributed by atoms with Gasteiger partial charge in [-0.1, -0.05) is 0 Å². The number of amidine groups is 1. The number of aryl methyl sites for hydroxylation is 1. The fraction of sp³-hybridized carbons (Fsp3) is 0.643. The van der Waals surface area contributed by atoms with Crippen molar-refractivity contribution in [2.45, 2.75) is 30.9 Å². The molecule has 1 aromatic rings. The van der Waals surface area contributed by atoms with Gasteiger partial charge in [0.15, 0.2) is 0 Å². The van der Waals surface area contributed by atoms with E-state index in [0.717, 1.165) is 24.6 Å². The lowest BCUT2D eigenvalue weighted by atomic mass is 9.98. The van der Waals surface area contributed by atoms with Crippen LogP contribution in [0.15, 0.2) is 17.4 Å². The molecule has 0 amide bonds. The molecule has 6 heteroatoms. The van der Waals surface area contributed by atoms with Crippen molar-refractivity contribution in [3.05, 3.63) is 18.1 Å². The molecule has 3 atom stereocenters. The van der Waals surface area contributed by atoms with Crippen LogP contribution in [0.2, 0.25) is 0 Å². The van der Waals surface area contributed by atoms with E-state index in [1.807, 2.05) is 13.0 Å². The van der Waals surface area contributed by atoms with Crippen LogP contribution in [0.5, 0.6) is 0 Å². The number of hydrogen-bond acceptors (Lipinski definition) is 6. The van der Waals surface area contributed by atoms with Crippen LogP contribution in [-0.2, 0) is 4.74 Å². The lowest BCUT2D eigenvalue weighted by molar-refractivity contribution is 0.0433. The zero-order valence-electron chi connectivity index (χ0n) is 11.5. The average molecular weight is 271 g/mol. The third-order valence-electron chi connectivity index (χ3n) is 5.41. The Morgan fingerprint density at radius 2 is 2.40 bits per heavy atom. The van der Waals surface area contributed by atoms with E-state index in [1.54, 1.807) is 6.33 Å². The third kappa shape index (κ3) is 1.25. The first kappa shape index (κ1) is 11.0. The first-order valence-electron chi connectivity index (χ1n) is 7.24. The number of rotatable bonds is 1. The number of nitrogens with one attached hydrogen (secondary N) is 1. The van der Waals surface area contributed by atoms with Gasteiger partial charge in [-0.3, -0.25) is 10.2 Å². The highest BCUT2D eigenvalue weighted by Gasteiger charge is 2.77. The van der Waals surface area contributed by atoms with E-state index in [9.17, 15) is 0 Å². The molecule has 4 heterocycles. The average Bonchev–Trinajstić information content (AvgIpc) is 3.05. The van der Waals surface area contributed by atoms with Crippen LogP contribution in [-0.4, -0.2) is 51.7 Å². The molecular weight excluding hydrogens is 254 g/mol. The summed E-state index contributed by atoms with van der Waals surface area (Å²) in [6.07, 6.45) is 4.19. The lowest BCUT2D eigenvalue weighted by Crippen LogP contribution is -2.49. The number of aliphatic imine (C=N–C) groups is 1. The van der Waals surface area contributed by atoms with Crippen LogP contribution in [0.25, 0.3) is 0 Å². The highest BCUT2D eigenvalue weighted by Crippen LogP contribution is 2.67. The third-order valence-corrected chi connectivity index (χ3v) is 5.41. The Labute approximate surface area is 117 Å². The van der Waals surface area contributed by atoms with Gasteiger partial charge in [-0.05, 0) is 19.8 Å². The maximum atomic E-state index is 6.22. The molecule has 0 bridgehead atoms. The molecule has 1 aliphatic carbocycles. The Hall–Kier alpha value is -1.69. The number of hydrogen-bond donors (Lipinski definition) is 1. The SMILES string of the molecule is Cc1cc(NC2=NC[C@@]3(CN4CCC45CC53)O2)ncn1. The van der Waals surface area contributed by atoms with Crippen LogP contribution in [0, 0.1) is 12.8 Å². The summed E-state index contributed by atoms with van der Waals surface area (Å²) >= 11 is 0. The van der Waals surface area contributed by atoms with Crippen LogP contribution in [0.3, 0.4) is 0 Å². The standard InChI is InChI=1S/C14H17N5O/c1-9-4-11(17-8-16-9)18-12-15-6-14(20-12)7-19-3-2-13(19)5-10(13)14/h4,8,10H,2-3,5-7H2,1H3,(H,15,16,17,18)/t10?,13?,14-/m0/s1. The molecule has 6 nitrogen and oxygen atoms in total. The molecule has 0 aromatic carbocycles. The Bertz CT molecular complexity index is 632. The molecule has 1 aromatic heterocycles. The highest BCUT2D eigenvalue weighted by atomic mass is 16.5. The second-order valence-corrected chi connectivity index (χ2v) is 6.49. The second kappa shape index (κ2) is 3.31. The fourth-order valence-corrected chi connectivity index (χ4v) is 4.25. The van der Waals surface area contributed by atoms with Gasteiger partial charge >= 0.3 is 0 Å². The summed E-state index contributed by atoms with van der Waals surface area (Å²) in [5, 5.41) is 3.18. The molecule has 0 radical (unpaired) electrons. The number of fused-ring (bicyclic) bond motifs is 1. The molecule has 2 unspecified atom stereocenters. The smallest absolute Gasteiger partial charge is 0.291 e. The van der Waals surface area contributed by atoms with Crippen LogP contribution >= 0.6 is 0 Å². The Balaban J connectivity index is 1.34. The summed E-state index contributed by atoms with van der Waals surface area (Å²) in [5.74, 6) is 1.43. The summed E-state index contributed by atoms with van der Waals surface area (Å²) < 4.78 is 6.22. The van der Waals surface area contributed by atoms with Gasteiger partial charge in [-0.25, -0.2) is 15.0 Å². The normalized spacial score (nSPS) is 40.6. The number of piperidine rings is 1. The number of anilines is 1. The van der Waals surface area contributed by atoms with Crippen LogP contribution in [0.4, 0.5) is 5.82 Å². The van der Waals surface area contributed by atoms with Crippen molar-refractivity contribution in [3.8, 4) is 0 Å². The summed E-state index contributed by atoms with van der Waals surface area (Å²) in [4.78, 5) is 15.4. The van der Waals surface area contributed by atoms with Crippen LogP contribution < -0.4 is 5.32 Å². The van der Waals surface area contributed by atoms with Gasteiger partial charge in [0.25, 0.3) is 6.02 Å². The van der Waals surface area contributed by atoms with Gasteiger partial charge in [0, 0.05) is 36.3 Å². The topological polar surface area (TPSA) is 62.6 Å². The van der Waals surface area contributed by atoms with Gasteiger partial charge in [-0.2, -0.15) is 0 Å². The summed E-state index contributed by atoms with van der Waals surface area (Å²) in [6.45, 7) is 4.99. The second-order valence-electron chi connectivity index (χ2n) is 6.49. The van der Waals surface area contributed by atoms with E-state index in [2.05, 4.69) is 25.2 Å². The molecule has 3 aliphatic heterocycles. The maximum Gasteiger partial charge on any atom is 0.291 e. The van der Waals surface area contributed by atoms with Crippen LogP contribution in [0.1, 0.15) is 18.5 Å². The molecule has 1 saturated carbocycles. The van der Waals surface area contributed by atoms with E-state index in [4.69, 9.17) is 4.74 Å². The lowest BCUT2D eigenvalue weighted by Gasteiger charge is -2.39. The first-order valence-corrected chi connectivity index (χ1v) is 7.24. The van der Waals surface area contributed by atoms with Crippen molar-refractivity contribution in [1.82, 2.24) is 14.9 Å². The minimum atomic E-state index is -0.0685. The largest absolute Gasteiger partial charge is 0.455 e. The fourth-order valence-electron chi connectivity index (χ4n) is 4.25. The van der Waals surface area contributed by atoms with Crippen molar-refractivity contribution in [2.24, 2.45) is 10.9 Å². The monoisotopic (exact) mass is 271 g/mol. The van der Waals surface area contributed by atoms with Gasteiger partial charge in [0.05, 0.1) is 6.54 Å².